The molecule has 0 aliphatic carbocycles. The number of aromatic nitrogens is 2. The first kappa shape index (κ1) is 20.5. The number of hydrogen-bond donors (Lipinski definition) is 0. The van der Waals surface area contributed by atoms with Crippen LogP contribution in [0.5, 0.6) is 11.6 Å². The fraction of sp³-hybridized carbons (Fsp3) is 0.0909. The largest absolute Gasteiger partial charge is 0.497 e. The van der Waals surface area contributed by atoms with E-state index >= 15 is 0 Å². The number of nitro benzene ring substituents is 1. The third kappa shape index (κ3) is 4.26. The minimum Gasteiger partial charge on any atom is -0.497 e. The fourth-order valence-electron chi connectivity index (χ4n) is 3.16. The minimum atomic E-state index is -0.558. The van der Waals surface area contributed by atoms with E-state index < -0.39 is 10.9 Å². The summed E-state index contributed by atoms with van der Waals surface area (Å²) in [4.78, 5) is 23.4. The van der Waals surface area contributed by atoms with E-state index in [-0.39, 0.29) is 18.1 Å². The SMILES string of the molecule is COc1ccc2c(c1)c(OC(=O)c1ccccc1Br)nn2Cc1cccc([N+](=O)[O-])c1. The highest BCUT2D eigenvalue weighted by Gasteiger charge is 2.19. The van der Waals surface area contributed by atoms with Crippen molar-refractivity contribution >= 4 is 38.5 Å². The van der Waals surface area contributed by atoms with Gasteiger partial charge in [0, 0.05) is 16.6 Å². The first-order chi connectivity index (χ1) is 15.0. The van der Waals surface area contributed by atoms with Gasteiger partial charge in [0.2, 0.25) is 5.88 Å². The van der Waals surface area contributed by atoms with Crippen molar-refractivity contribution in [2.24, 2.45) is 0 Å². The topological polar surface area (TPSA) is 96.5 Å². The maximum Gasteiger partial charge on any atom is 0.346 e. The second-order valence-corrected chi connectivity index (χ2v) is 7.50. The summed E-state index contributed by atoms with van der Waals surface area (Å²) in [5.74, 6) is 0.151. The van der Waals surface area contributed by atoms with E-state index in [4.69, 9.17) is 9.47 Å². The van der Waals surface area contributed by atoms with Gasteiger partial charge in [-0.15, -0.1) is 5.10 Å². The van der Waals surface area contributed by atoms with Gasteiger partial charge in [-0.1, -0.05) is 24.3 Å². The molecule has 0 fully saturated rings. The molecule has 0 atom stereocenters. The lowest BCUT2D eigenvalue weighted by Gasteiger charge is -2.04. The van der Waals surface area contributed by atoms with Crippen LogP contribution in [0.25, 0.3) is 10.9 Å². The van der Waals surface area contributed by atoms with E-state index in [0.717, 1.165) is 0 Å². The van der Waals surface area contributed by atoms with Crippen LogP contribution in [0.1, 0.15) is 15.9 Å². The number of nitrogens with zero attached hydrogens (tertiary/aromatic N) is 3. The lowest BCUT2D eigenvalue weighted by Crippen LogP contribution is -2.10. The third-order valence-corrected chi connectivity index (χ3v) is 5.35. The van der Waals surface area contributed by atoms with Crippen molar-refractivity contribution in [3.8, 4) is 11.6 Å². The third-order valence-electron chi connectivity index (χ3n) is 4.66. The van der Waals surface area contributed by atoms with E-state index in [1.54, 1.807) is 66.4 Å². The van der Waals surface area contributed by atoms with Gasteiger partial charge < -0.3 is 9.47 Å². The molecule has 8 nitrogen and oxygen atoms in total. The maximum absolute atomic E-state index is 12.7. The van der Waals surface area contributed by atoms with Crippen LogP contribution in [0, 0.1) is 10.1 Å². The van der Waals surface area contributed by atoms with Gasteiger partial charge in [-0.25, -0.2) is 4.79 Å². The van der Waals surface area contributed by atoms with Crippen molar-refractivity contribution < 1.29 is 19.2 Å². The fourth-order valence-corrected chi connectivity index (χ4v) is 3.61. The van der Waals surface area contributed by atoms with Crippen LogP contribution in [-0.2, 0) is 6.54 Å². The number of halogens is 1. The summed E-state index contributed by atoms with van der Waals surface area (Å²) >= 11 is 3.35. The normalized spacial score (nSPS) is 10.8. The van der Waals surface area contributed by atoms with E-state index in [1.807, 2.05) is 0 Å². The Morgan fingerprint density at radius 3 is 2.68 bits per heavy atom. The number of carbonyl (C=O) groups excluding carboxylic acids is 1. The Labute approximate surface area is 185 Å². The summed E-state index contributed by atoms with van der Waals surface area (Å²) in [6.45, 7) is 0.261. The van der Waals surface area contributed by atoms with Gasteiger partial charge in [-0.2, -0.15) is 0 Å². The Balaban J connectivity index is 1.74. The number of carbonyl (C=O) groups is 1. The number of esters is 1. The molecule has 0 amide bonds. The molecule has 0 saturated carbocycles. The molecule has 4 aromatic rings. The number of methoxy groups -OCH3 is 1. The van der Waals surface area contributed by atoms with Crippen molar-refractivity contribution in [1.29, 1.82) is 0 Å². The van der Waals surface area contributed by atoms with Gasteiger partial charge in [-0.3, -0.25) is 14.8 Å². The summed E-state index contributed by atoms with van der Waals surface area (Å²) < 4.78 is 13.1. The lowest BCUT2D eigenvalue weighted by molar-refractivity contribution is -0.384. The highest BCUT2D eigenvalue weighted by Crippen LogP contribution is 2.31. The van der Waals surface area contributed by atoms with E-state index in [9.17, 15) is 14.9 Å². The molecule has 9 heteroatoms. The molecule has 0 N–H and O–H groups in total. The molecule has 156 valence electrons. The molecular weight excluding hydrogens is 466 g/mol. The highest BCUT2D eigenvalue weighted by molar-refractivity contribution is 9.10. The van der Waals surface area contributed by atoms with E-state index in [2.05, 4.69) is 21.0 Å². The van der Waals surface area contributed by atoms with E-state index in [1.165, 1.54) is 12.1 Å². The van der Waals surface area contributed by atoms with Gasteiger partial charge in [0.15, 0.2) is 0 Å². The Hall–Kier alpha value is -3.72. The van der Waals surface area contributed by atoms with Crippen molar-refractivity contribution in [3.05, 3.63) is 92.4 Å². The molecule has 0 aliphatic rings. The molecule has 0 radical (unpaired) electrons. The molecule has 0 unspecified atom stereocenters. The molecule has 3 aromatic carbocycles. The monoisotopic (exact) mass is 481 g/mol. The van der Waals surface area contributed by atoms with Crippen molar-refractivity contribution in [2.75, 3.05) is 7.11 Å². The average molecular weight is 482 g/mol. The molecule has 0 bridgehead atoms. The van der Waals surface area contributed by atoms with Crippen LogP contribution in [-0.4, -0.2) is 27.8 Å². The van der Waals surface area contributed by atoms with Crippen molar-refractivity contribution in [1.82, 2.24) is 9.78 Å². The molecule has 1 aromatic heterocycles. The smallest absolute Gasteiger partial charge is 0.346 e. The number of hydrogen-bond acceptors (Lipinski definition) is 6. The number of rotatable bonds is 6. The number of ether oxygens (including phenoxy) is 2. The van der Waals surface area contributed by atoms with Crippen LogP contribution in [0.2, 0.25) is 0 Å². The van der Waals surface area contributed by atoms with Gasteiger partial charge in [-0.05, 0) is 51.8 Å². The zero-order valence-corrected chi connectivity index (χ0v) is 17.9. The van der Waals surface area contributed by atoms with Crippen LogP contribution < -0.4 is 9.47 Å². The Kier molecular flexibility index (Phi) is 5.68. The average Bonchev–Trinajstić information content (AvgIpc) is 3.10. The zero-order chi connectivity index (χ0) is 22.0. The molecule has 0 aliphatic heterocycles. The minimum absolute atomic E-state index is 0.00351. The molecular formula is C22H16BrN3O5. The standard InChI is InChI=1S/C22H16BrN3O5/c1-30-16-9-10-20-18(12-16)21(31-22(27)17-7-2-3-8-19(17)23)24-25(20)13-14-5-4-6-15(11-14)26(28)29/h2-12H,13H2,1H3. The summed E-state index contributed by atoms with van der Waals surface area (Å²) in [5.41, 5.74) is 1.75. The first-order valence-corrected chi connectivity index (χ1v) is 10.00. The summed E-state index contributed by atoms with van der Waals surface area (Å²) in [6, 6.07) is 18.6. The molecule has 31 heavy (non-hydrogen) atoms. The first-order valence-electron chi connectivity index (χ1n) is 9.21. The number of nitro groups is 1. The quantitative estimate of drug-likeness (QED) is 0.219. The second-order valence-electron chi connectivity index (χ2n) is 6.64. The summed E-state index contributed by atoms with van der Waals surface area (Å²) in [7, 11) is 1.54. The number of benzene rings is 3. The Morgan fingerprint density at radius 1 is 1.13 bits per heavy atom. The van der Waals surface area contributed by atoms with Crippen LogP contribution in [0.3, 0.4) is 0 Å². The zero-order valence-electron chi connectivity index (χ0n) is 16.3. The van der Waals surface area contributed by atoms with Crippen LogP contribution in [0.15, 0.2) is 71.2 Å². The maximum atomic E-state index is 12.7. The van der Waals surface area contributed by atoms with Crippen LogP contribution >= 0.6 is 15.9 Å². The van der Waals surface area contributed by atoms with Crippen molar-refractivity contribution in [3.63, 3.8) is 0 Å². The van der Waals surface area contributed by atoms with Gasteiger partial charge >= 0.3 is 5.97 Å². The number of non-ortho nitro benzene ring substituents is 1. The Morgan fingerprint density at radius 2 is 1.94 bits per heavy atom. The van der Waals surface area contributed by atoms with Gasteiger partial charge in [0.05, 0.1) is 35.0 Å². The molecule has 1 heterocycles. The van der Waals surface area contributed by atoms with Gasteiger partial charge in [0.1, 0.15) is 5.75 Å². The highest BCUT2D eigenvalue weighted by atomic mass is 79.9. The van der Waals surface area contributed by atoms with Crippen molar-refractivity contribution in [2.45, 2.75) is 6.54 Å². The summed E-state index contributed by atoms with van der Waals surface area (Å²) in [6.07, 6.45) is 0. The predicted octanol–water partition coefficient (Wildman–Crippen LogP) is 4.98. The molecule has 0 saturated heterocycles. The lowest BCUT2D eigenvalue weighted by atomic mass is 10.2. The summed E-state index contributed by atoms with van der Waals surface area (Å²) in [5, 5.41) is 16.1. The number of fused-ring (bicyclic) bond motifs is 1. The van der Waals surface area contributed by atoms with Crippen LogP contribution in [0.4, 0.5) is 5.69 Å². The molecule has 4 rings (SSSR count). The predicted molar refractivity (Wildman–Crippen MR) is 118 cm³/mol. The Bertz CT molecular complexity index is 1300. The molecule has 0 spiro atoms. The van der Waals surface area contributed by atoms with E-state index in [0.29, 0.717) is 32.3 Å². The second kappa shape index (κ2) is 8.57. The van der Waals surface area contributed by atoms with Gasteiger partial charge in [0.25, 0.3) is 5.69 Å².